The topological polar surface area (TPSA) is 9.23 Å². The molecule has 2 rings (SSSR count). The molecule has 1 aliphatic rings. The molecule has 1 aromatic rings. The van der Waals surface area contributed by atoms with Crippen LogP contribution in [0, 0.1) is 0 Å². The van der Waals surface area contributed by atoms with Crippen molar-refractivity contribution in [3.05, 3.63) is 53.1 Å². The minimum absolute atomic E-state index is 0.146. The standard InChI is InChI=1S/C16H20O/c1-12-10-16(3,17-4)11-13(2)15(12)14-8-6-5-7-9-14/h5-10H,11H2,1-4H3. The molecule has 17 heavy (non-hydrogen) atoms. The fourth-order valence-electron chi connectivity index (χ4n) is 2.74. The highest BCUT2D eigenvalue weighted by atomic mass is 16.5. The predicted octanol–water partition coefficient (Wildman–Crippen LogP) is 4.22. The highest BCUT2D eigenvalue weighted by molar-refractivity contribution is 5.82. The van der Waals surface area contributed by atoms with Gasteiger partial charge in [0.15, 0.2) is 0 Å². The van der Waals surface area contributed by atoms with Crippen LogP contribution in [-0.2, 0) is 4.74 Å². The quantitative estimate of drug-likeness (QED) is 0.736. The summed E-state index contributed by atoms with van der Waals surface area (Å²) in [6, 6.07) is 10.6. The Morgan fingerprint density at radius 1 is 1.12 bits per heavy atom. The molecular weight excluding hydrogens is 208 g/mol. The fraction of sp³-hybridized carbons (Fsp3) is 0.375. The van der Waals surface area contributed by atoms with Crippen molar-refractivity contribution in [1.82, 2.24) is 0 Å². The summed E-state index contributed by atoms with van der Waals surface area (Å²) in [5.74, 6) is 0. The van der Waals surface area contributed by atoms with Gasteiger partial charge in [0.2, 0.25) is 0 Å². The summed E-state index contributed by atoms with van der Waals surface area (Å²) in [7, 11) is 1.78. The zero-order valence-corrected chi connectivity index (χ0v) is 11.1. The molecule has 0 N–H and O–H groups in total. The van der Waals surface area contributed by atoms with Crippen molar-refractivity contribution in [1.29, 1.82) is 0 Å². The van der Waals surface area contributed by atoms with Crippen LogP contribution in [0.3, 0.4) is 0 Å². The monoisotopic (exact) mass is 228 g/mol. The maximum absolute atomic E-state index is 5.59. The first-order valence-electron chi connectivity index (χ1n) is 6.06. The minimum atomic E-state index is -0.146. The van der Waals surface area contributed by atoms with Crippen LogP contribution in [0.2, 0.25) is 0 Å². The Bertz CT molecular complexity index is 468. The Morgan fingerprint density at radius 3 is 2.29 bits per heavy atom. The van der Waals surface area contributed by atoms with Crippen LogP contribution in [0.5, 0.6) is 0 Å². The summed E-state index contributed by atoms with van der Waals surface area (Å²) in [5.41, 5.74) is 5.24. The molecule has 1 unspecified atom stereocenters. The summed E-state index contributed by atoms with van der Waals surface area (Å²) >= 11 is 0. The Kier molecular flexibility index (Phi) is 3.21. The molecule has 1 heteroatoms. The first-order valence-corrected chi connectivity index (χ1v) is 6.06. The van der Waals surface area contributed by atoms with Gasteiger partial charge < -0.3 is 4.74 Å². The molecule has 0 saturated heterocycles. The maximum atomic E-state index is 5.59. The number of hydrogen-bond donors (Lipinski definition) is 0. The van der Waals surface area contributed by atoms with Crippen molar-refractivity contribution < 1.29 is 4.74 Å². The average Bonchev–Trinajstić information content (AvgIpc) is 2.29. The summed E-state index contributed by atoms with van der Waals surface area (Å²) in [6.45, 7) is 6.51. The van der Waals surface area contributed by atoms with Gasteiger partial charge >= 0.3 is 0 Å². The van der Waals surface area contributed by atoms with Crippen LogP contribution in [0.4, 0.5) is 0 Å². The SMILES string of the molecule is COC1(C)C=C(C)C(c2ccccc2)=C(C)C1. The maximum Gasteiger partial charge on any atom is 0.0873 e. The van der Waals surface area contributed by atoms with Gasteiger partial charge in [-0.3, -0.25) is 0 Å². The van der Waals surface area contributed by atoms with Gasteiger partial charge in [0.05, 0.1) is 5.60 Å². The Balaban J connectivity index is 2.44. The molecule has 90 valence electrons. The van der Waals surface area contributed by atoms with E-state index < -0.39 is 0 Å². The van der Waals surface area contributed by atoms with Crippen molar-refractivity contribution >= 4 is 5.57 Å². The predicted molar refractivity (Wildman–Crippen MR) is 72.8 cm³/mol. The summed E-state index contributed by atoms with van der Waals surface area (Å²) in [5, 5.41) is 0. The van der Waals surface area contributed by atoms with E-state index in [1.807, 2.05) is 0 Å². The van der Waals surface area contributed by atoms with Crippen molar-refractivity contribution in [2.24, 2.45) is 0 Å². The second-order valence-electron chi connectivity index (χ2n) is 5.04. The molecule has 0 heterocycles. The van der Waals surface area contributed by atoms with E-state index in [-0.39, 0.29) is 5.60 Å². The van der Waals surface area contributed by atoms with E-state index in [0.717, 1.165) is 6.42 Å². The zero-order chi connectivity index (χ0) is 12.5. The molecule has 1 aliphatic carbocycles. The van der Waals surface area contributed by atoms with E-state index in [0.29, 0.717) is 0 Å². The van der Waals surface area contributed by atoms with Gasteiger partial charge in [-0.2, -0.15) is 0 Å². The molecule has 0 bridgehead atoms. The van der Waals surface area contributed by atoms with Crippen molar-refractivity contribution in [3.63, 3.8) is 0 Å². The van der Waals surface area contributed by atoms with Crippen molar-refractivity contribution in [3.8, 4) is 0 Å². The molecular formula is C16H20O. The molecule has 0 amide bonds. The third kappa shape index (κ3) is 2.34. The number of benzene rings is 1. The van der Waals surface area contributed by atoms with Crippen molar-refractivity contribution in [2.75, 3.05) is 7.11 Å². The largest absolute Gasteiger partial charge is 0.374 e. The van der Waals surface area contributed by atoms with E-state index in [2.05, 4.69) is 57.2 Å². The minimum Gasteiger partial charge on any atom is -0.374 e. The first kappa shape index (κ1) is 12.1. The zero-order valence-electron chi connectivity index (χ0n) is 11.1. The highest BCUT2D eigenvalue weighted by Gasteiger charge is 2.27. The third-order valence-corrected chi connectivity index (χ3v) is 3.49. The van der Waals surface area contributed by atoms with Crippen LogP contribution < -0.4 is 0 Å². The van der Waals surface area contributed by atoms with Crippen LogP contribution >= 0.6 is 0 Å². The van der Waals surface area contributed by atoms with Gasteiger partial charge in [-0.25, -0.2) is 0 Å². The van der Waals surface area contributed by atoms with Crippen LogP contribution in [0.1, 0.15) is 32.8 Å². The van der Waals surface area contributed by atoms with E-state index >= 15 is 0 Å². The van der Waals surface area contributed by atoms with Gasteiger partial charge in [-0.1, -0.05) is 35.9 Å². The van der Waals surface area contributed by atoms with Gasteiger partial charge in [0.1, 0.15) is 0 Å². The van der Waals surface area contributed by atoms with Crippen LogP contribution in [0.25, 0.3) is 5.57 Å². The molecule has 1 aromatic carbocycles. The molecule has 0 radical (unpaired) electrons. The van der Waals surface area contributed by atoms with E-state index in [1.54, 1.807) is 7.11 Å². The molecule has 0 aliphatic heterocycles. The summed E-state index contributed by atoms with van der Waals surface area (Å²) < 4.78 is 5.59. The fourth-order valence-corrected chi connectivity index (χ4v) is 2.74. The normalized spacial score (nSPS) is 24.8. The average molecular weight is 228 g/mol. The number of allylic oxidation sites excluding steroid dienone is 2. The van der Waals surface area contributed by atoms with Gasteiger partial charge in [0.25, 0.3) is 0 Å². The molecule has 1 nitrogen and oxygen atoms in total. The second-order valence-corrected chi connectivity index (χ2v) is 5.04. The Hall–Kier alpha value is -1.34. The highest BCUT2D eigenvalue weighted by Crippen LogP contribution is 2.38. The van der Waals surface area contributed by atoms with Gasteiger partial charge in [-0.05, 0) is 43.6 Å². The Morgan fingerprint density at radius 2 is 1.76 bits per heavy atom. The lowest BCUT2D eigenvalue weighted by atomic mass is 9.81. The molecule has 1 atom stereocenters. The van der Waals surface area contributed by atoms with E-state index in [9.17, 15) is 0 Å². The van der Waals surface area contributed by atoms with E-state index in [1.165, 1.54) is 22.3 Å². The number of hydrogen-bond acceptors (Lipinski definition) is 1. The molecule has 0 fully saturated rings. The number of ether oxygens (including phenoxy) is 1. The smallest absolute Gasteiger partial charge is 0.0873 e. The second kappa shape index (κ2) is 4.50. The third-order valence-electron chi connectivity index (χ3n) is 3.49. The van der Waals surface area contributed by atoms with Crippen molar-refractivity contribution in [2.45, 2.75) is 32.8 Å². The van der Waals surface area contributed by atoms with Gasteiger partial charge in [-0.15, -0.1) is 0 Å². The summed E-state index contributed by atoms with van der Waals surface area (Å²) in [6.07, 6.45) is 3.20. The lowest BCUT2D eigenvalue weighted by Gasteiger charge is -2.32. The summed E-state index contributed by atoms with van der Waals surface area (Å²) in [4.78, 5) is 0. The Labute approximate surface area is 104 Å². The number of rotatable bonds is 2. The number of methoxy groups -OCH3 is 1. The van der Waals surface area contributed by atoms with Gasteiger partial charge in [0, 0.05) is 13.5 Å². The van der Waals surface area contributed by atoms with Crippen LogP contribution in [0.15, 0.2) is 47.6 Å². The lowest BCUT2D eigenvalue weighted by Crippen LogP contribution is -2.28. The van der Waals surface area contributed by atoms with Crippen LogP contribution in [-0.4, -0.2) is 12.7 Å². The molecule has 0 saturated carbocycles. The lowest BCUT2D eigenvalue weighted by molar-refractivity contribution is 0.0478. The molecule has 0 aromatic heterocycles. The molecule has 0 spiro atoms. The first-order chi connectivity index (χ1) is 8.06. The van der Waals surface area contributed by atoms with E-state index in [4.69, 9.17) is 4.74 Å².